The zero-order chi connectivity index (χ0) is 8.43. The zero-order valence-electron chi connectivity index (χ0n) is 6.39. The first kappa shape index (κ1) is 8.40. The van der Waals surface area contributed by atoms with Crippen molar-refractivity contribution < 1.29 is 4.79 Å². The fourth-order valence-corrected chi connectivity index (χ4v) is 0.961. The number of carbonyl (C=O) groups excluding carboxylic acids is 1. The molecular weight excluding hydrogens is 206 g/mol. The van der Waals surface area contributed by atoms with Crippen molar-refractivity contribution in [2.24, 2.45) is 0 Å². The van der Waals surface area contributed by atoms with Crippen LogP contribution in [0.1, 0.15) is 23.1 Å². The van der Waals surface area contributed by atoms with Crippen LogP contribution in [-0.2, 0) is 0 Å². The fraction of sp³-hybridized carbons (Fsp3) is 0.250. The van der Waals surface area contributed by atoms with Crippen molar-refractivity contribution in [3.63, 3.8) is 0 Å². The molecule has 58 valence electrons. The number of rotatable bonds is 1. The SMILES string of the molecule is CC(=O)c1ccc(Br)c(C)n1. The summed E-state index contributed by atoms with van der Waals surface area (Å²) in [4.78, 5) is 14.9. The topological polar surface area (TPSA) is 30.0 Å². The Hall–Kier alpha value is -0.700. The highest BCUT2D eigenvalue weighted by Crippen LogP contribution is 2.13. The Morgan fingerprint density at radius 1 is 1.55 bits per heavy atom. The molecule has 1 heterocycles. The maximum atomic E-state index is 10.8. The second-order valence-corrected chi connectivity index (χ2v) is 3.17. The van der Waals surface area contributed by atoms with Crippen molar-refractivity contribution >= 4 is 21.7 Å². The van der Waals surface area contributed by atoms with Crippen LogP contribution in [0.25, 0.3) is 0 Å². The van der Waals surface area contributed by atoms with Gasteiger partial charge in [-0.05, 0) is 35.0 Å². The van der Waals surface area contributed by atoms with E-state index in [1.807, 2.05) is 13.0 Å². The van der Waals surface area contributed by atoms with Gasteiger partial charge in [-0.2, -0.15) is 0 Å². The molecule has 0 amide bonds. The molecule has 0 N–H and O–H groups in total. The Kier molecular flexibility index (Phi) is 2.39. The summed E-state index contributed by atoms with van der Waals surface area (Å²) >= 11 is 3.30. The molecule has 0 aromatic carbocycles. The van der Waals surface area contributed by atoms with Crippen LogP contribution in [0.3, 0.4) is 0 Å². The summed E-state index contributed by atoms with van der Waals surface area (Å²) in [5.74, 6) is 0.000556. The monoisotopic (exact) mass is 213 g/mol. The van der Waals surface area contributed by atoms with Crippen molar-refractivity contribution in [1.29, 1.82) is 0 Å². The maximum Gasteiger partial charge on any atom is 0.178 e. The van der Waals surface area contributed by atoms with E-state index in [1.54, 1.807) is 6.07 Å². The summed E-state index contributed by atoms with van der Waals surface area (Å²) < 4.78 is 0.933. The largest absolute Gasteiger partial charge is 0.293 e. The predicted molar refractivity (Wildman–Crippen MR) is 46.7 cm³/mol. The third-order valence-corrected chi connectivity index (χ3v) is 2.22. The van der Waals surface area contributed by atoms with Gasteiger partial charge in [0.05, 0.1) is 5.69 Å². The van der Waals surface area contributed by atoms with Gasteiger partial charge in [0.1, 0.15) is 5.69 Å². The Balaban J connectivity index is 3.15. The molecule has 0 aliphatic heterocycles. The van der Waals surface area contributed by atoms with Gasteiger partial charge in [0.25, 0.3) is 0 Å². The van der Waals surface area contributed by atoms with E-state index < -0.39 is 0 Å². The summed E-state index contributed by atoms with van der Waals surface area (Å²) in [6.07, 6.45) is 0. The number of aryl methyl sites for hydroxylation is 1. The molecule has 0 spiro atoms. The van der Waals surface area contributed by atoms with Crippen molar-refractivity contribution in [1.82, 2.24) is 4.98 Å². The van der Waals surface area contributed by atoms with Crippen LogP contribution in [0.5, 0.6) is 0 Å². The lowest BCUT2D eigenvalue weighted by Crippen LogP contribution is -1.97. The Bertz CT molecular complexity index is 296. The van der Waals surface area contributed by atoms with E-state index in [1.165, 1.54) is 6.92 Å². The van der Waals surface area contributed by atoms with Gasteiger partial charge in [-0.25, -0.2) is 4.98 Å². The first-order chi connectivity index (χ1) is 5.11. The van der Waals surface area contributed by atoms with Gasteiger partial charge in [-0.15, -0.1) is 0 Å². The molecule has 0 bridgehead atoms. The normalized spacial score (nSPS) is 9.73. The molecule has 0 radical (unpaired) electrons. The smallest absolute Gasteiger partial charge is 0.178 e. The van der Waals surface area contributed by atoms with Gasteiger partial charge in [0, 0.05) is 11.4 Å². The predicted octanol–water partition coefficient (Wildman–Crippen LogP) is 2.36. The van der Waals surface area contributed by atoms with E-state index in [4.69, 9.17) is 0 Å². The highest BCUT2D eigenvalue weighted by Gasteiger charge is 2.01. The lowest BCUT2D eigenvalue weighted by atomic mass is 10.2. The van der Waals surface area contributed by atoms with Crippen LogP contribution in [0.15, 0.2) is 16.6 Å². The van der Waals surface area contributed by atoms with Crippen LogP contribution in [0.2, 0.25) is 0 Å². The minimum absolute atomic E-state index is 0.000556. The Morgan fingerprint density at radius 3 is 2.64 bits per heavy atom. The first-order valence-corrected chi connectivity index (χ1v) is 4.04. The molecule has 0 aliphatic carbocycles. The van der Waals surface area contributed by atoms with Gasteiger partial charge >= 0.3 is 0 Å². The van der Waals surface area contributed by atoms with E-state index in [0.717, 1.165) is 10.2 Å². The number of halogens is 1. The van der Waals surface area contributed by atoms with Crippen LogP contribution in [-0.4, -0.2) is 10.8 Å². The maximum absolute atomic E-state index is 10.8. The van der Waals surface area contributed by atoms with Gasteiger partial charge in [-0.1, -0.05) is 0 Å². The summed E-state index contributed by atoms with van der Waals surface area (Å²) in [6.45, 7) is 3.37. The second-order valence-electron chi connectivity index (χ2n) is 2.32. The quantitative estimate of drug-likeness (QED) is 0.671. The number of pyridine rings is 1. The van der Waals surface area contributed by atoms with E-state index in [9.17, 15) is 4.79 Å². The van der Waals surface area contributed by atoms with Crippen molar-refractivity contribution in [2.75, 3.05) is 0 Å². The average molecular weight is 214 g/mol. The van der Waals surface area contributed by atoms with E-state index >= 15 is 0 Å². The zero-order valence-corrected chi connectivity index (χ0v) is 7.97. The van der Waals surface area contributed by atoms with E-state index in [0.29, 0.717) is 5.69 Å². The average Bonchev–Trinajstić information content (AvgIpc) is 1.94. The Morgan fingerprint density at radius 2 is 2.18 bits per heavy atom. The number of aromatic nitrogens is 1. The minimum atomic E-state index is 0.000556. The van der Waals surface area contributed by atoms with Crippen molar-refractivity contribution in [3.05, 3.63) is 28.0 Å². The van der Waals surface area contributed by atoms with Gasteiger partial charge in [-0.3, -0.25) is 4.79 Å². The molecule has 1 rings (SSSR count). The third kappa shape index (κ3) is 1.87. The molecule has 0 saturated carbocycles. The van der Waals surface area contributed by atoms with Crippen LogP contribution in [0, 0.1) is 6.92 Å². The van der Waals surface area contributed by atoms with Crippen molar-refractivity contribution in [3.8, 4) is 0 Å². The number of Topliss-reactive ketones (excluding diaryl/α,β-unsaturated/α-hetero) is 1. The summed E-state index contributed by atoms with van der Waals surface area (Å²) in [5.41, 5.74) is 1.36. The number of hydrogen-bond acceptors (Lipinski definition) is 2. The van der Waals surface area contributed by atoms with Crippen LogP contribution >= 0.6 is 15.9 Å². The molecule has 3 heteroatoms. The number of nitrogens with zero attached hydrogens (tertiary/aromatic N) is 1. The first-order valence-electron chi connectivity index (χ1n) is 3.25. The summed E-state index contributed by atoms with van der Waals surface area (Å²) in [7, 11) is 0. The summed E-state index contributed by atoms with van der Waals surface area (Å²) in [5, 5.41) is 0. The Labute approximate surface area is 73.8 Å². The molecule has 0 fully saturated rings. The van der Waals surface area contributed by atoms with Gasteiger partial charge in [0.2, 0.25) is 0 Å². The number of hydrogen-bond donors (Lipinski definition) is 0. The molecule has 0 saturated heterocycles. The van der Waals surface area contributed by atoms with Crippen LogP contribution in [0.4, 0.5) is 0 Å². The van der Waals surface area contributed by atoms with Gasteiger partial charge < -0.3 is 0 Å². The molecule has 2 nitrogen and oxygen atoms in total. The van der Waals surface area contributed by atoms with Gasteiger partial charge in [0.15, 0.2) is 5.78 Å². The molecule has 1 aromatic rings. The number of ketones is 1. The minimum Gasteiger partial charge on any atom is -0.293 e. The molecular formula is C8H8BrNO. The number of carbonyl (C=O) groups is 1. The molecule has 1 aromatic heterocycles. The summed E-state index contributed by atoms with van der Waals surface area (Å²) in [6, 6.07) is 3.54. The molecule has 0 unspecified atom stereocenters. The van der Waals surface area contributed by atoms with E-state index in [2.05, 4.69) is 20.9 Å². The molecule has 0 atom stereocenters. The second kappa shape index (κ2) is 3.13. The van der Waals surface area contributed by atoms with E-state index in [-0.39, 0.29) is 5.78 Å². The molecule has 11 heavy (non-hydrogen) atoms. The standard InChI is InChI=1S/C8H8BrNO/c1-5-7(9)3-4-8(10-5)6(2)11/h3-4H,1-2H3. The third-order valence-electron chi connectivity index (χ3n) is 1.38. The molecule has 0 aliphatic rings. The fourth-order valence-electron chi connectivity index (χ4n) is 0.740. The highest BCUT2D eigenvalue weighted by molar-refractivity contribution is 9.10. The lowest BCUT2D eigenvalue weighted by molar-refractivity contribution is 0.101. The van der Waals surface area contributed by atoms with Crippen molar-refractivity contribution in [2.45, 2.75) is 13.8 Å². The lowest BCUT2D eigenvalue weighted by Gasteiger charge is -1.98. The highest BCUT2D eigenvalue weighted by atomic mass is 79.9. The van der Waals surface area contributed by atoms with Crippen LogP contribution < -0.4 is 0 Å².